The van der Waals surface area contributed by atoms with Crippen molar-refractivity contribution in [1.82, 2.24) is 4.90 Å². The zero-order valence-corrected chi connectivity index (χ0v) is 39.5. The number of fused-ring (bicyclic) bond motifs is 2. The first kappa shape index (κ1) is 50.5. The van der Waals surface area contributed by atoms with Crippen LogP contribution in [0.2, 0.25) is 0 Å². The maximum atomic E-state index is 14.6. The fraction of sp³-hybridized carbons (Fsp3) is 0.510. The zero-order chi connectivity index (χ0) is 48.0. The van der Waals surface area contributed by atoms with Gasteiger partial charge in [0.05, 0.1) is 50.6 Å². The number of aliphatic hydroxyl groups is 2. The van der Waals surface area contributed by atoms with E-state index >= 15 is 0 Å². The van der Waals surface area contributed by atoms with E-state index in [1.165, 1.54) is 31.3 Å². The first-order chi connectivity index (χ1) is 33.2. The van der Waals surface area contributed by atoms with Crippen molar-refractivity contribution >= 4 is 35.2 Å². The summed E-state index contributed by atoms with van der Waals surface area (Å²) >= 11 is 6.09. The van der Waals surface area contributed by atoms with Crippen LogP contribution in [0.4, 0.5) is 19.7 Å². The molecule has 368 valence electrons. The molecule has 2 aliphatic heterocycles. The molecule has 7 atom stereocenters. The second-order valence-corrected chi connectivity index (χ2v) is 17.7. The van der Waals surface area contributed by atoms with Crippen LogP contribution in [0.5, 0.6) is 23.0 Å². The molecule has 2 fully saturated rings. The Morgan fingerprint density at radius 3 is 2.49 bits per heavy atom. The first-order valence-corrected chi connectivity index (χ1v) is 24.0. The van der Waals surface area contributed by atoms with Crippen LogP contribution in [0, 0.1) is 23.6 Å². The van der Waals surface area contributed by atoms with E-state index in [1.807, 2.05) is 6.07 Å². The van der Waals surface area contributed by atoms with Gasteiger partial charge in [-0.1, -0.05) is 42.3 Å². The van der Waals surface area contributed by atoms with Gasteiger partial charge in [0.15, 0.2) is 0 Å². The summed E-state index contributed by atoms with van der Waals surface area (Å²) in [5, 5.41) is 27.6. The highest BCUT2D eigenvalue weighted by Crippen LogP contribution is 2.62. The molecule has 7 rings (SSSR count). The maximum Gasteiger partial charge on any atom is 0.417 e. The lowest BCUT2D eigenvalue weighted by molar-refractivity contribution is -0.256. The Bertz CT molecular complexity index is 2240. The summed E-state index contributed by atoms with van der Waals surface area (Å²) in [6, 6.07) is 15.1. The number of carbonyl (C=O) groups is 2. The molecule has 2 aliphatic carbocycles. The Kier molecular flexibility index (Phi) is 18.0. The van der Waals surface area contributed by atoms with Crippen LogP contribution < -0.4 is 24.3 Å². The normalized spacial score (nSPS) is 24.3. The van der Waals surface area contributed by atoms with Crippen molar-refractivity contribution in [2.24, 2.45) is 22.9 Å². The van der Waals surface area contributed by atoms with E-state index in [2.05, 4.69) is 18.0 Å². The molecule has 1 saturated carbocycles. The van der Waals surface area contributed by atoms with Gasteiger partial charge in [0.2, 0.25) is 12.1 Å². The molecule has 3 aromatic carbocycles. The minimum Gasteiger partial charge on any atom is -0.497 e. The summed E-state index contributed by atoms with van der Waals surface area (Å²) in [5.41, 5.74) is 3.08. The molecule has 0 aromatic heterocycles. The number of amides is 2. The number of methoxy groups -OCH3 is 2. The predicted octanol–water partition coefficient (Wildman–Crippen LogP) is 9.49. The van der Waals surface area contributed by atoms with Crippen molar-refractivity contribution in [3.8, 4) is 23.0 Å². The van der Waals surface area contributed by atoms with Crippen LogP contribution in [0.3, 0.4) is 0 Å². The number of aliphatic hydroxyl groups excluding tert-OH is 2. The van der Waals surface area contributed by atoms with Gasteiger partial charge in [-0.25, -0.2) is 14.0 Å². The van der Waals surface area contributed by atoms with Crippen LogP contribution in [-0.2, 0) is 25.6 Å². The lowest BCUT2D eigenvalue weighted by atomic mass is 9.55. The van der Waals surface area contributed by atoms with Crippen LogP contribution in [0.15, 0.2) is 90.1 Å². The molecule has 1 saturated heterocycles. The van der Waals surface area contributed by atoms with Gasteiger partial charge in [0.1, 0.15) is 41.5 Å². The third-order valence-electron chi connectivity index (χ3n) is 13.1. The number of rotatable bonds is 22. The molecule has 0 bridgehead atoms. The van der Waals surface area contributed by atoms with Gasteiger partial charge in [-0.05, 0) is 104 Å². The number of anilines is 1. The molecule has 68 heavy (non-hydrogen) atoms. The monoisotopic (exact) mass is 963 g/mol. The first-order valence-electron chi connectivity index (χ1n) is 23.5. The third kappa shape index (κ3) is 11.7. The fourth-order valence-electron chi connectivity index (χ4n) is 10.1. The van der Waals surface area contributed by atoms with Crippen molar-refractivity contribution in [2.75, 3.05) is 58.5 Å². The number of benzene rings is 3. The maximum absolute atomic E-state index is 14.6. The molecule has 3 N–H and O–H groups in total. The number of allylic oxidation sites excluding steroid dienone is 1. The molecule has 15 nitrogen and oxygen atoms in total. The van der Waals surface area contributed by atoms with Crippen molar-refractivity contribution in [2.45, 2.75) is 94.8 Å². The second kappa shape index (κ2) is 24.2. The fourth-order valence-corrected chi connectivity index (χ4v) is 10.1. The van der Waals surface area contributed by atoms with Crippen molar-refractivity contribution in [3.63, 3.8) is 0 Å². The zero-order valence-electron chi connectivity index (χ0n) is 38.7. The molecule has 2 amide bonds. The van der Waals surface area contributed by atoms with Crippen LogP contribution >= 0.6 is 11.6 Å². The van der Waals surface area contributed by atoms with Crippen molar-refractivity contribution in [1.29, 1.82) is 0 Å². The minimum atomic E-state index is -1.63. The average molecular weight is 965 g/mol. The third-order valence-corrected chi connectivity index (χ3v) is 13.3. The van der Waals surface area contributed by atoms with E-state index in [4.69, 9.17) is 54.8 Å². The van der Waals surface area contributed by atoms with Crippen molar-refractivity contribution < 1.29 is 62.2 Å². The highest BCUT2D eigenvalue weighted by molar-refractivity contribution is 6.18. The van der Waals surface area contributed by atoms with Gasteiger partial charge in [-0.2, -0.15) is 0 Å². The van der Waals surface area contributed by atoms with E-state index in [-0.39, 0.29) is 62.9 Å². The summed E-state index contributed by atoms with van der Waals surface area (Å²) in [4.78, 5) is 36.0. The largest absolute Gasteiger partial charge is 0.497 e. The number of nitrogens with zero attached hydrogens (tertiary/aromatic N) is 2. The quantitative estimate of drug-likeness (QED) is 0.0377. The summed E-state index contributed by atoms with van der Waals surface area (Å²) in [6.45, 7) is 4.50. The SMILES string of the molecule is C=CCOC12Oc3ccc(OC(=O)Nc4ccc(OC)cc4OC)cc3C3C(CCCCO)C(CCCCO)C=C(C(=NOC4CCCCO4)CC1N(Cc1ccc(F)cc1)C(=O)OCCCl)C32. The standard InChI is InChI=1S/C51H63ClFN3O12/c1-4-25-65-51-45(56(50(60)64-27-22-52)32-33-14-16-35(53)17-15-33)31-42(55-68-46-13-7-10-26-63-46)39-28-34(11-5-8-23-57)38(12-6-9-24-58)47(48(39)51)40-29-37(19-21-43(40)67-51)66-49(59)54-41-20-18-36(61-2)30-44(41)62-3/h4,14-21,28-30,34,38,45-48,57-58H,1,5-13,22-27,31-32H2,2-3H3,(H,54,59). The number of hydrogen-bond donors (Lipinski definition) is 3. The number of ether oxygens (including phenoxy) is 7. The van der Waals surface area contributed by atoms with Crippen LogP contribution in [0.25, 0.3) is 0 Å². The van der Waals surface area contributed by atoms with Gasteiger partial charge >= 0.3 is 12.2 Å². The second-order valence-electron chi connectivity index (χ2n) is 17.3. The van der Waals surface area contributed by atoms with Gasteiger partial charge in [0, 0.05) is 50.1 Å². The number of alkyl halides is 1. The number of nitrogens with one attached hydrogen (secondary N) is 1. The smallest absolute Gasteiger partial charge is 0.417 e. The van der Waals surface area contributed by atoms with E-state index in [0.29, 0.717) is 72.9 Å². The molecular formula is C51H63ClFN3O12. The van der Waals surface area contributed by atoms with Crippen LogP contribution in [0.1, 0.15) is 81.3 Å². The Labute approximate surface area is 402 Å². The summed E-state index contributed by atoms with van der Waals surface area (Å²) in [6.07, 6.45) is 8.35. The van der Waals surface area contributed by atoms with Gasteiger partial charge in [-0.3, -0.25) is 10.2 Å². The molecule has 7 unspecified atom stereocenters. The van der Waals surface area contributed by atoms with Crippen LogP contribution in [-0.4, -0.2) is 104 Å². The molecule has 0 radical (unpaired) electrons. The Morgan fingerprint density at radius 2 is 1.78 bits per heavy atom. The lowest BCUT2D eigenvalue weighted by Gasteiger charge is -2.59. The predicted molar refractivity (Wildman–Crippen MR) is 253 cm³/mol. The van der Waals surface area contributed by atoms with Crippen molar-refractivity contribution in [3.05, 3.63) is 102 Å². The number of unbranched alkanes of at least 4 members (excludes halogenated alkanes) is 2. The van der Waals surface area contributed by atoms with Gasteiger partial charge in [-0.15, -0.1) is 18.2 Å². The molecule has 2 heterocycles. The Hall–Kier alpha value is -5.39. The van der Waals surface area contributed by atoms with E-state index in [9.17, 15) is 24.2 Å². The molecule has 0 spiro atoms. The van der Waals surface area contributed by atoms with Gasteiger partial charge < -0.3 is 48.2 Å². The Balaban J connectivity index is 1.41. The topological polar surface area (TPSA) is 176 Å². The van der Waals surface area contributed by atoms with Gasteiger partial charge in [0.25, 0.3) is 0 Å². The number of hydrogen-bond acceptors (Lipinski definition) is 13. The average Bonchev–Trinajstić information content (AvgIpc) is 3.35. The highest BCUT2D eigenvalue weighted by Gasteiger charge is 2.66. The number of oxime groups is 1. The molecule has 17 heteroatoms. The highest BCUT2D eigenvalue weighted by atomic mass is 35.5. The Morgan fingerprint density at radius 1 is 1.00 bits per heavy atom. The molecule has 4 aliphatic rings. The molecule has 3 aromatic rings. The van der Waals surface area contributed by atoms with E-state index in [0.717, 1.165) is 36.8 Å². The lowest BCUT2D eigenvalue weighted by Crippen LogP contribution is -2.70. The minimum absolute atomic E-state index is 0.0114. The summed E-state index contributed by atoms with van der Waals surface area (Å²) in [5.74, 6) is -1.71. The number of carbonyl (C=O) groups excluding carboxylic acids is 2. The van der Waals surface area contributed by atoms with E-state index < -0.39 is 48.0 Å². The number of halogens is 2. The van der Waals surface area contributed by atoms with E-state index in [1.54, 1.807) is 48.5 Å². The summed E-state index contributed by atoms with van der Waals surface area (Å²) < 4.78 is 57.3. The summed E-state index contributed by atoms with van der Waals surface area (Å²) in [7, 11) is 3.02. The molecular weight excluding hydrogens is 901 g/mol.